The quantitative estimate of drug-likeness (QED) is 0.220. The van der Waals surface area contributed by atoms with Crippen molar-refractivity contribution in [3.05, 3.63) is 70.8 Å². The van der Waals surface area contributed by atoms with E-state index in [1.165, 1.54) is 0 Å². The molecule has 2 rings (SSSR count). The van der Waals surface area contributed by atoms with Crippen molar-refractivity contribution in [2.45, 2.75) is 72.1 Å². The second-order valence-corrected chi connectivity index (χ2v) is 9.44. The molecule has 2 aromatic rings. The summed E-state index contributed by atoms with van der Waals surface area (Å²) in [7, 11) is 0. The Kier molecular flexibility index (Phi) is 9.37. The minimum absolute atomic E-state index is 0.00719. The van der Waals surface area contributed by atoms with Crippen LogP contribution in [-0.2, 0) is 10.2 Å². The predicted molar refractivity (Wildman–Crippen MR) is 128 cm³/mol. The third-order valence-electron chi connectivity index (χ3n) is 5.83. The van der Waals surface area contributed by atoms with Gasteiger partial charge in [-0.25, -0.2) is 4.79 Å². The van der Waals surface area contributed by atoms with Crippen LogP contribution >= 0.6 is 0 Å². The van der Waals surface area contributed by atoms with E-state index < -0.39 is 0 Å². The van der Waals surface area contributed by atoms with Crippen LogP contribution in [0.1, 0.15) is 103 Å². The van der Waals surface area contributed by atoms with Gasteiger partial charge in [0, 0.05) is 11.1 Å². The summed E-state index contributed by atoms with van der Waals surface area (Å²) in [6.45, 7) is 11.0. The van der Waals surface area contributed by atoms with Crippen molar-refractivity contribution < 1.29 is 19.1 Å². The Morgan fingerprint density at radius 3 is 1.78 bits per heavy atom. The monoisotopic (exact) mass is 436 g/mol. The van der Waals surface area contributed by atoms with Crippen LogP contribution in [0.15, 0.2) is 48.5 Å². The first-order valence-electron chi connectivity index (χ1n) is 11.6. The number of hydrogen-bond acceptors (Lipinski definition) is 4. The standard InChI is InChI=1S/C28H36O4/c1-6-8-9-20(7-2)19-32-27(31)23-12-10-21(11-13-23)25(29)18-26(30)22-14-16-24(17-15-22)28(3,4)5/h10-17,20H,6-9,18-19H2,1-5H3. The molecule has 0 N–H and O–H groups in total. The molecule has 1 atom stereocenters. The van der Waals surface area contributed by atoms with Crippen LogP contribution in [0, 0.1) is 5.92 Å². The number of ether oxygens (including phenoxy) is 1. The average Bonchev–Trinajstić information content (AvgIpc) is 2.78. The van der Waals surface area contributed by atoms with Gasteiger partial charge in [-0.15, -0.1) is 0 Å². The molecule has 0 bridgehead atoms. The molecule has 0 aliphatic heterocycles. The fourth-order valence-electron chi connectivity index (χ4n) is 3.47. The molecule has 0 aliphatic carbocycles. The number of hydrogen-bond donors (Lipinski definition) is 0. The molecule has 0 saturated heterocycles. The molecule has 0 fully saturated rings. The zero-order valence-corrected chi connectivity index (χ0v) is 20.1. The third kappa shape index (κ3) is 7.44. The second kappa shape index (κ2) is 11.8. The van der Waals surface area contributed by atoms with Crippen molar-refractivity contribution in [3.63, 3.8) is 0 Å². The number of carbonyl (C=O) groups excluding carboxylic acids is 3. The zero-order chi connectivity index (χ0) is 23.7. The van der Waals surface area contributed by atoms with Crippen molar-refractivity contribution in [1.29, 1.82) is 0 Å². The van der Waals surface area contributed by atoms with Gasteiger partial charge in [0.15, 0.2) is 11.6 Å². The summed E-state index contributed by atoms with van der Waals surface area (Å²) in [4.78, 5) is 37.4. The molecular formula is C28H36O4. The maximum absolute atomic E-state index is 12.6. The van der Waals surface area contributed by atoms with Gasteiger partial charge in [0.25, 0.3) is 0 Å². The first-order chi connectivity index (χ1) is 15.2. The normalized spacial score (nSPS) is 12.3. The van der Waals surface area contributed by atoms with Crippen LogP contribution in [-0.4, -0.2) is 24.1 Å². The lowest BCUT2D eigenvalue weighted by molar-refractivity contribution is 0.0427. The molecule has 0 saturated carbocycles. The number of ketones is 2. The Labute approximate surface area is 192 Å². The van der Waals surface area contributed by atoms with Gasteiger partial charge in [0.2, 0.25) is 0 Å². The first kappa shape index (κ1) is 25.5. The van der Waals surface area contributed by atoms with E-state index in [2.05, 4.69) is 34.6 Å². The van der Waals surface area contributed by atoms with E-state index in [4.69, 9.17) is 4.74 Å². The third-order valence-corrected chi connectivity index (χ3v) is 5.83. The molecule has 4 nitrogen and oxygen atoms in total. The highest BCUT2D eigenvalue weighted by Gasteiger charge is 2.18. The van der Waals surface area contributed by atoms with Crippen LogP contribution in [0.2, 0.25) is 0 Å². The predicted octanol–water partition coefficient (Wildman–Crippen LogP) is 6.81. The number of benzene rings is 2. The average molecular weight is 437 g/mol. The molecule has 2 aromatic carbocycles. The van der Waals surface area contributed by atoms with E-state index >= 15 is 0 Å². The van der Waals surface area contributed by atoms with Crippen LogP contribution in [0.4, 0.5) is 0 Å². The summed E-state index contributed by atoms with van der Waals surface area (Å²) in [5.41, 5.74) is 2.50. The molecular weight excluding hydrogens is 400 g/mol. The maximum Gasteiger partial charge on any atom is 0.338 e. The lowest BCUT2D eigenvalue weighted by Gasteiger charge is -2.18. The van der Waals surface area contributed by atoms with E-state index in [9.17, 15) is 14.4 Å². The Hall–Kier alpha value is -2.75. The Balaban J connectivity index is 1.93. The maximum atomic E-state index is 12.6. The molecule has 172 valence electrons. The first-order valence-corrected chi connectivity index (χ1v) is 11.6. The van der Waals surface area contributed by atoms with Crippen molar-refractivity contribution in [3.8, 4) is 0 Å². The summed E-state index contributed by atoms with van der Waals surface area (Å²) in [6.07, 6.45) is 4.10. The Morgan fingerprint density at radius 1 is 0.812 bits per heavy atom. The highest BCUT2D eigenvalue weighted by atomic mass is 16.5. The van der Waals surface area contributed by atoms with E-state index in [0.717, 1.165) is 31.2 Å². The molecule has 32 heavy (non-hydrogen) atoms. The molecule has 0 amide bonds. The number of unbranched alkanes of at least 4 members (excludes halogenated alkanes) is 1. The van der Waals surface area contributed by atoms with Gasteiger partial charge >= 0.3 is 5.97 Å². The largest absolute Gasteiger partial charge is 0.462 e. The topological polar surface area (TPSA) is 60.4 Å². The molecule has 0 aromatic heterocycles. The molecule has 0 heterocycles. The van der Waals surface area contributed by atoms with Crippen LogP contribution in [0.5, 0.6) is 0 Å². The van der Waals surface area contributed by atoms with Crippen molar-refractivity contribution in [2.24, 2.45) is 5.92 Å². The number of carbonyl (C=O) groups is 3. The van der Waals surface area contributed by atoms with Gasteiger partial charge < -0.3 is 4.74 Å². The molecule has 1 unspecified atom stereocenters. The Morgan fingerprint density at radius 2 is 1.31 bits per heavy atom. The SMILES string of the molecule is CCCCC(CC)COC(=O)c1ccc(C(=O)CC(=O)c2ccc(C(C)(C)C)cc2)cc1. The summed E-state index contributed by atoms with van der Waals surface area (Å²) in [5.74, 6) is -0.478. The smallest absolute Gasteiger partial charge is 0.338 e. The molecule has 4 heteroatoms. The van der Waals surface area contributed by atoms with Crippen molar-refractivity contribution in [1.82, 2.24) is 0 Å². The minimum atomic E-state index is -0.381. The number of esters is 1. The van der Waals surface area contributed by atoms with Gasteiger partial charge in [-0.1, -0.05) is 90.3 Å². The second-order valence-electron chi connectivity index (χ2n) is 9.44. The van der Waals surface area contributed by atoms with Crippen LogP contribution in [0.25, 0.3) is 0 Å². The lowest BCUT2D eigenvalue weighted by atomic mass is 9.86. The van der Waals surface area contributed by atoms with E-state index in [1.807, 2.05) is 12.1 Å². The molecule has 0 aliphatic rings. The van der Waals surface area contributed by atoms with Gasteiger partial charge in [-0.3, -0.25) is 9.59 Å². The lowest BCUT2D eigenvalue weighted by Crippen LogP contribution is -2.14. The van der Waals surface area contributed by atoms with E-state index in [0.29, 0.717) is 29.2 Å². The highest BCUT2D eigenvalue weighted by Crippen LogP contribution is 2.23. The number of Topliss-reactive ketones (excluding diaryl/α,β-unsaturated/α-hetero) is 2. The molecule has 0 radical (unpaired) electrons. The fraction of sp³-hybridized carbons (Fsp3) is 0.464. The minimum Gasteiger partial charge on any atom is -0.462 e. The molecule has 0 spiro atoms. The number of rotatable bonds is 11. The van der Waals surface area contributed by atoms with Gasteiger partial charge in [-0.05, 0) is 35.4 Å². The van der Waals surface area contributed by atoms with Crippen LogP contribution in [0.3, 0.4) is 0 Å². The summed E-state index contributed by atoms with van der Waals surface area (Å²) in [6, 6.07) is 13.8. The van der Waals surface area contributed by atoms with E-state index in [1.54, 1.807) is 36.4 Å². The van der Waals surface area contributed by atoms with Gasteiger partial charge in [-0.2, -0.15) is 0 Å². The fourth-order valence-corrected chi connectivity index (χ4v) is 3.47. The van der Waals surface area contributed by atoms with Gasteiger partial charge in [0.1, 0.15) is 0 Å². The summed E-state index contributed by atoms with van der Waals surface area (Å²) in [5, 5.41) is 0. The van der Waals surface area contributed by atoms with E-state index in [-0.39, 0.29) is 29.4 Å². The Bertz CT molecular complexity index is 902. The highest BCUT2D eigenvalue weighted by molar-refractivity contribution is 6.13. The van der Waals surface area contributed by atoms with Gasteiger partial charge in [0.05, 0.1) is 18.6 Å². The summed E-state index contributed by atoms with van der Waals surface area (Å²) >= 11 is 0. The van der Waals surface area contributed by atoms with Crippen LogP contribution < -0.4 is 0 Å². The zero-order valence-electron chi connectivity index (χ0n) is 20.1. The summed E-state index contributed by atoms with van der Waals surface area (Å²) < 4.78 is 5.46. The van der Waals surface area contributed by atoms with Crippen molar-refractivity contribution in [2.75, 3.05) is 6.61 Å². The van der Waals surface area contributed by atoms with Crippen molar-refractivity contribution >= 4 is 17.5 Å².